The van der Waals surface area contributed by atoms with Crippen LogP contribution in [0.2, 0.25) is 0 Å². The quantitative estimate of drug-likeness (QED) is 0.218. The predicted molar refractivity (Wildman–Crippen MR) is 172 cm³/mol. The average Bonchev–Trinajstić information content (AvgIpc) is 3.79. The molecule has 0 bridgehead atoms. The molecule has 5 N–H and O–H groups in total. The van der Waals surface area contributed by atoms with Crippen LogP contribution in [-0.2, 0) is 22.7 Å². The number of aromatic nitrogens is 2. The zero-order valence-corrected chi connectivity index (χ0v) is 25.0. The third kappa shape index (κ3) is 6.23. The Morgan fingerprint density at radius 3 is 2.75 bits per heavy atom. The van der Waals surface area contributed by atoms with Gasteiger partial charge in [-0.25, -0.2) is 0 Å². The van der Waals surface area contributed by atoms with Crippen LogP contribution < -0.4 is 21.3 Å². The van der Waals surface area contributed by atoms with E-state index in [1.54, 1.807) is 0 Å². The number of rotatable bonds is 9. The highest BCUT2D eigenvalue weighted by Gasteiger charge is 2.30. The molecular formula is C33H37N9O2. The molecule has 2 aromatic heterocycles. The number of aliphatic imine (C=N–C) groups is 1. The van der Waals surface area contributed by atoms with E-state index in [-0.39, 0.29) is 29.1 Å². The molecule has 1 aliphatic carbocycles. The summed E-state index contributed by atoms with van der Waals surface area (Å²) in [6.45, 7) is 3.50. The fourth-order valence-electron chi connectivity index (χ4n) is 5.96. The molecule has 11 nitrogen and oxygen atoms in total. The number of pyridine rings is 2. The van der Waals surface area contributed by atoms with Crippen LogP contribution in [0.1, 0.15) is 42.0 Å². The molecule has 1 atom stereocenters. The topological polar surface area (TPSA) is 153 Å². The van der Waals surface area contributed by atoms with Gasteiger partial charge in [0.2, 0.25) is 0 Å². The Bertz CT molecular complexity index is 1660. The van der Waals surface area contributed by atoms with Crippen LogP contribution in [0.15, 0.2) is 71.6 Å². The van der Waals surface area contributed by atoms with Crippen LogP contribution in [0, 0.1) is 11.3 Å². The number of hydrogen-bond acceptors (Lipinski definition) is 8. The van der Waals surface area contributed by atoms with Crippen molar-refractivity contribution < 1.29 is 9.59 Å². The molecule has 2 fully saturated rings. The number of nitrogens with two attached hydrogens (primary N) is 1. The van der Waals surface area contributed by atoms with Crippen molar-refractivity contribution >= 4 is 34.7 Å². The summed E-state index contributed by atoms with van der Waals surface area (Å²) in [5, 5.41) is 14.2. The molecule has 11 heteroatoms. The van der Waals surface area contributed by atoms with E-state index in [2.05, 4.69) is 42.5 Å². The van der Waals surface area contributed by atoms with E-state index >= 15 is 0 Å². The maximum absolute atomic E-state index is 12.4. The molecule has 3 aromatic rings. The minimum Gasteiger partial charge on any atom is -0.384 e. The molecule has 44 heavy (non-hydrogen) atoms. The summed E-state index contributed by atoms with van der Waals surface area (Å²) in [4.78, 5) is 42.7. The third-order valence-corrected chi connectivity index (χ3v) is 8.37. The molecule has 0 spiro atoms. The number of benzene rings is 1. The smallest absolute Gasteiger partial charge is 0.271 e. The summed E-state index contributed by atoms with van der Waals surface area (Å²) in [5.41, 5.74) is 12.8. The maximum Gasteiger partial charge on any atom is 0.271 e. The third-order valence-electron chi connectivity index (χ3n) is 8.37. The van der Waals surface area contributed by atoms with Crippen LogP contribution in [-0.4, -0.2) is 65.4 Å². The van der Waals surface area contributed by atoms with Crippen LogP contribution >= 0.6 is 0 Å². The second-order valence-electron chi connectivity index (χ2n) is 11.7. The Morgan fingerprint density at radius 2 is 2.00 bits per heavy atom. The van der Waals surface area contributed by atoms with Crippen LogP contribution in [0.25, 0.3) is 11.3 Å². The number of hydrogen-bond donors (Lipinski definition) is 4. The summed E-state index contributed by atoms with van der Waals surface area (Å²) in [5.74, 6) is -0.589. The number of fused-ring (bicyclic) bond motifs is 3. The van der Waals surface area contributed by atoms with E-state index in [1.807, 2.05) is 49.8 Å². The van der Waals surface area contributed by atoms with Gasteiger partial charge in [-0.15, -0.1) is 0 Å². The van der Waals surface area contributed by atoms with Crippen molar-refractivity contribution in [1.29, 1.82) is 5.41 Å². The van der Waals surface area contributed by atoms with Crippen molar-refractivity contribution in [3.8, 4) is 11.3 Å². The maximum atomic E-state index is 12.4. The van der Waals surface area contributed by atoms with Crippen LogP contribution in [0.3, 0.4) is 0 Å². The zero-order chi connectivity index (χ0) is 30.8. The van der Waals surface area contributed by atoms with Crippen molar-refractivity contribution in [2.45, 2.75) is 38.3 Å². The van der Waals surface area contributed by atoms with E-state index < -0.39 is 5.91 Å². The van der Waals surface area contributed by atoms with Gasteiger partial charge in [-0.05, 0) is 67.1 Å². The largest absolute Gasteiger partial charge is 0.384 e. The minimum absolute atomic E-state index is 0.0544. The Kier molecular flexibility index (Phi) is 8.21. The number of nitrogens with zero attached hydrogens (tertiary/aromatic N) is 5. The average molecular weight is 592 g/mol. The number of likely N-dealkylation sites (tertiary alicyclic amines) is 1. The molecule has 1 saturated carbocycles. The Morgan fingerprint density at radius 1 is 1.16 bits per heavy atom. The molecule has 6 rings (SSSR count). The van der Waals surface area contributed by atoms with Gasteiger partial charge < -0.3 is 21.3 Å². The SMILES string of the molecule is CNC(=O)C(=N)/C(=C\C(N)=NC(=O)C1CC1)Nc1cccc2c1N(C)Cc1cc(C3CCN(Cc4ccccn4)C3)cnc1-2. The number of nitrogens with one attached hydrogen (secondary N) is 3. The minimum atomic E-state index is -0.590. The van der Waals surface area contributed by atoms with E-state index in [4.69, 9.17) is 16.1 Å². The molecule has 4 heterocycles. The molecule has 1 unspecified atom stereocenters. The van der Waals surface area contributed by atoms with Gasteiger partial charge in [-0.3, -0.25) is 29.9 Å². The highest BCUT2D eigenvalue weighted by molar-refractivity contribution is 6.45. The molecule has 0 radical (unpaired) electrons. The lowest BCUT2D eigenvalue weighted by atomic mass is 9.93. The van der Waals surface area contributed by atoms with Crippen molar-refractivity contribution in [2.24, 2.45) is 16.6 Å². The fourth-order valence-corrected chi connectivity index (χ4v) is 5.96. The Hall–Kier alpha value is -4.90. The summed E-state index contributed by atoms with van der Waals surface area (Å²) in [6.07, 6.45) is 7.92. The Balaban J connectivity index is 1.25. The highest BCUT2D eigenvalue weighted by Crippen LogP contribution is 2.43. The Labute approximate surface area is 256 Å². The van der Waals surface area contributed by atoms with E-state index in [1.165, 1.54) is 18.7 Å². The van der Waals surface area contributed by atoms with Gasteiger partial charge in [0.1, 0.15) is 11.5 Å². The van der Waals surface area contributed by atoms with Crippen LogP contribution in [0.5, 0.6) is 0 Å². The lowest BCUT2D eigenvalue weighted by Crippen LogP contribution is -2.32. The number of carbonyl (C=O) groups is 2. The number of amides is 2. The van der Waals surface area contributed by atoms with Crippen molar-refractivity contribution in [3.63, 3.8) is 0 Å². The summed E-state index contributed by atoms with van der Waals surface area (Å²) in [6, 6.07) is 14.2. The van der Waals surface area contributed by atoms with E-state index in [0.29, 0.717) is 18.2 Å². The molecule has 226 valence electrons. The van der Waals surface area contributed by atoms with Gasteiger partial charge >= 0.3 is 0 Å². The van der Waals surface area contributed by atoms with E-state index in [9.17, 15) is 9.59 Å². The first kappa shape index (κ1) is 29.2. The number of carbonyl (C=O) groups excluding carboxylic acids is 2. The fraction of sp³-hybridized carbons (Fsp3) is 0.333. The van der Waals surface area contributed by atoms with Crippen molar-refractivity contribution in [3.05, 3.63) is 83.5 Å². The molecular weight excluding hydrogens is 554 g/mol. The number of anilines is 2. The normalized spacial score (nSPS) is 18.4. The molecule has 1 aromatic carbocycles. The lowest BCUT2D eigenvalue weighted by molar-refractivity contribution is -0.119. The first-order valence-corrected chi connectivity index (χ1v) is 14.9. The summed E-state index contributed by atoms with van der Waals surface area (Å²) >= 11 is 0. The van der Waals surface area contributed by atoms with Gasteiger partial charge in [-0.1, -0.05) is 18.2 Å². The highest BCUT2D eigenvalue weighted by atomic mass is 16.2. The van der Waals surface area contributed by atoms with Gasteiger partial charge in [0, 0.05) is 63.7 Å². The second-order valence-corrected chi connectivity index (χ2v) is 11.7. The first-order valence-electron chi connectivity index (χ1n) is 14.9. The monoisotopic (exact) mass is 591 g/mol. The first-order chi connectivity index (χ1) is 21.3. The molecule has 2 amide bonds. The van der Waals surface area contributed by atoms with E-state index in [0.717, 1.165) is 67.1 Å². The summed E-state index contributed by atoms with van der Waals surface area (Å²) < 4.78 is 0. The van der Waals surface area contributed by atoms with Gasteiger partial charge in [0.25, 0.3) is 11.8 Å². The molecule has 2 aliphatic heterocycles. The summed E-state index contributed by atoms with van der Waals surface area (Å²) in [7, 11) is 3.47. The number of para-hydroxylation sites is 1. The van der Waals surface area contributed by atoms with Gasteiger partial charge in [0.05, 0.1) is 28.5 Å². The van der Waals surface area contributed by atoms with Gasteiger partial charge in [0.15, 0.2) is 0 Å². The second kappa shape index (κ2) is 12.4. The van der Waals surface area contributed by atoms with Crippen LogP contribution in [0.4, 0.5) is 11.4 Å². The molecule has 3 aliphatic rings. The lowest BCUT2D eigenvalue weighted by Gasteiger charge is -2.32. The van der Waals surface area contributed by atoms with Crippen molar-refractivity contribution in [2.75, 3.05) is 37.4 Å². The predicted octanol–water partition coefficient (Wildman–Crippen LogP) is 3.44. The molecule has 1 saturated heterocycles. The van der Waals surface area contributed by atoms with Gasteiger partial charge in [-0.2, -0.15) is 4.99 Å². The standard InChI is InChI=1S/C33H37N9O2/c1-36-33(44)29(35)27(15-28(34)40-32(43)20-9-10-20)39-26-8-5-7-25-30-23(17-41(2)31(25)26)14-22(16-38-30)21-11-13-42(18-21)19-24-6-3-4-12-37-24/h3-8,12,14-16,20-21,35,39H,9-11,13,17-19H2,1-2H3,(H,36,44)(H2,34,40,43)/b27-15+,35-29?. The zero-order valence-electron chi connectivity index (χ0n) is 25.0. The van der Waals surface area contributed by atoms with Crippen molar-refractivity contribution in [1.82, 2.24) is 20.2 Å². The number of amidine groups is 1.